The first kappa shape index (κ1) is 24.7. The van der Waals surface area contributed by atoms with E-state index in [0.29, 0.717) is 53.8 Å². The molecule has 40 heavy (non-hydrogen) atoms. The number of hydrogen-bond acceptors (Lipinski definition) is 7. The SMILES string of the molecule is Cc1ccnnc1-c1cc(F)ccc1-c1cc(C2CC2)nc(-n2cnc3cc(CN4CCOCC4)[nH]c3c2=O)c1. The molecule has 1 aliphatic heterocycles. The van der Waals surface area contributed by atoms with E-state index in [9.17, 15) is 9.18 Å². The Balaban J connectivity index is 1.33. The lowest BCUT2D eigenvalue weighted by atomic mass is 9.95. The normalized spacial score (nSPS) is 16.1. The second-order valence-corrected chi connectivity index (χ2v) is 10.5. The van der Waals surface area contributed by atoms with Gasteiger partial charge in [-0.05, 0) is 72.9 Å². The van der Waals surface area contributed by atoms with Gasteiger partial charge in [-0.1, -0.05) is 6.07 Å². The van der Waals surface area contributed by atoms with Gasteiger partial charge in [-0.15, -0.1) is 0 Å². The fourth-order valence-corrected chi connectivity index (χ4v) is 5.33. The van der Waals surface area contributed by atoms with Crippen molar-refractivity contribution in [3.63, 3.8) is 0 Å². The molecule has 0 amide bonds. The first-order chi connectivity index (χ1) is 19.5. The summed E-state index contributed by atoms with van der Waals surface area (Å²) >= 11 is 0. The number of benzene rings is 1. The number of hydrogen-bond donors (Lipinski definition) is 1. The smallest absolute Gasteiger partial charge is 0.283 e. The number of fused-ring (bicyclic) bond motifs is 1. The minimum Gasteiger partial charge on any atom is -0.379 e. The summed E-state index contributed by atoms with van der Waals surface area (Å²) in [5.74, 6) is 0.458. The van der Waals surface area contributed by atoms with E-state index < -0.39 is 0 Å². The minimum atomic E-state index is -0.356. The van der Waals surface area contributed by atoms with Crippen molar-refractivity contribution < 1.29 is 9.13 Å². The Morgan fingerprint density at radius 1 is 1.07 bits per heavy atom. The second kappa shape index (κ2) is 10.0. The predicted molar refractivity (Wildman–Crippen MR) is 149 cm³/mol. The van der Waals surface area contributed by atoms with Crippen LogP contribution in [0.5, 0.6) is 0 Å². The first-order valence-corrected chi connectivity index (χ1v) is 13.5. The second-order valence-electron chi connectivity index (χ2n) is 10.5. The van der Waals surface area contributed by atoms with E-state index in [-0.39, 0.29) is 11.4 Å². The van der Waals surface area contributed by atoms with E-state index in [1.54, 1.807) is 12.3 Å². The quantitative estimate of drug-likeness (QED) is 0.343. The summed E-state index contributed by atoms with van der Waals surface area (Å²) in [6.45, 7) is 5.76. The fraction of sp³-hybridized carbons (Fsp3) is 0.300. The molecule has 202 valence electrons. The van der Waals surface area contributed by atoms with Crippen molar-refractivity contribution in [2.45, 2.75) is 32.2 Å². The Hall–Kier alpha value is -4.28. The molecule has 2 aliphatic rings. The molecule has 1 N–H and O–H groups in total. The van der Waals surface area contributed by atoms with Gasteiger partial charge >= 0.3 is 0 Å². The number of rotatable bonds is 6. The van der Waals surface area contributed by atoms with E-state index in [1.807, 2.05) is 31.2 Å². The molecule has 1 aliphatic carbocycles. The number of nitrogens with one attached hydrogen (secondary N) is 1. The van der Waals surface area contributed by atoms with Crippen LogP contribution in [0.25, 0.3) is 39.2 Å². The Labute approximate surface area is 229 Å². The maximum Gasteiger partial charge on any atom is 0.283 e. The van der Waals surface area contributed by atoms with Crippen LogP contribution in [0, 0.1) is 12.7 Å². The molecule has 1 aromatic carbocycles. The number of aromatic nitrogens is 6. The lowest BCUT2D eigenvalue weighted by molar-refractivity contribution is 0.0337. The van der Waals surface area contributed by atoms with E-state index >= 15 is 0 Å². The zero-order valence-corrected chi connectivity index (χ0v) is 22.1. The lowest BCUT2D eigenvalue weighted by Crippen LogP contribution is -2.35. The van der Waals surface area contributed by atoms with E-state index in [0.717, 1.165) is 54.0 Å². The molecule has 2 fully saturated rings. The highest BCUT2D eigenvalue weighted by atomic mass is 19.1. The minimum absolute atomic E-state index is 0.214. The topological polar surface area (TPSA) is 102 Å². The molecule has 0 unspecified atom stereocenters. The van der Waals surface area contributed by atoms with Crippen molar-refractivity contribution in [2.24, 2.45) is 0 Å². The Morgan fingerprint density at radius 2 is 1.93 bits per heavy atom. The van der Waals surface area contributed by atoms with Crippen molar-refractivity contribution in [1.29, 1.82) is 0 Å². The number of ether oxygens (including phenoxy) is 1. The van der Waals surface area contributed by atoms with Gasteiger partial charge in [-0.2, -0.15) is 10.2 Å². The number of pyridine rings is 1. The summed E-state index contributed by atoms with van der Waals surface area (Å²) in [6.07, 6.45) is 5.25. The highest BCUT2D eigenvalue weighted by Crippen LogP contribution is 2.42. The molecular formula is C30H28FN7O2. The Kier molecular flexibility index (Phi) is 6.21. The fourth-order valence-electron chi connectivity index (χ4n) is 5.33. The average Bonchev–Trinajstić information content (AvgIpc) is 3.74. The monoisotopic (exact) mass is 537 g/mol. The van der Waals surface area contributed by atoms with Gasteiger partial charge in [0.1, 0.15) is 23.5 Å². The van der Waals surface area contributed by atoms with Crippen LogP contribution >= 0.6 is 0 Å². The van der Waals surface area contributed by atoms with Crippen LogP contribution in [0.1, 0.15) is 35.7 Å². The molecule has 0 bridgehead atoms. The summed E-state index contributed by atoms with van der Waals surface area (Å²) < 4.78 is 21.4. The molecule has 0 spiro atoms. The van der Waals surface area contributed by atoms with Crippen molar-refractivity contribution in [3.05, 3.63) is 88.1 Å². The van der Waals surface area contributed by atoms with Crippen molar-refractivity contribution in [3.8, 4) is 28.2 Å². The van der Waals surface area contributed by atoms with E-state index in [4.69, 9.17) is 9.72 Å². The summed E-state index contributed by atoms with van der Waals surface area (Å²) in [4.78, 5) is 28.8. The number of nitrogens with zero attached hydrogens (tertiary/aromatic N) is 6. The third-order valence-electron chi connectivity index (χ3n) is 7.64. The van der Waals surface area contributed by atoms with Crippen LogP contribution in [0.3, 0.4) is 0 Å². The number of morpholine rings is 1. The van der Waals surface area contributed by atoms with Gasteiger partial charge in [0.2, 0.25) is 0 Å². The van der Waals surface area contributed by atoms with Crippen LogP contribution in [0.4, 0.5) is 4.39 Å². The van der Waals surface area contributed by atoms with Gasteiger partial charge < -0.3 is 9.72 Å². The molecule has 5 aromatic rings. The van der Waals surface area contributed by atoms with Crippen LogP contribution < -0.4 is 5.56 Å². The summed E-state index contributed by atoms with van der Waals surface area (Å²) in [5, 5.41) is 8.34. The molecule has 4 aromatic heterocycles. The highest BCUT2D eigenvalue weighted by Gasteiger charge is 2.27. The van der Waals surface area contributed by atoms with Crippen molar-refractivity contribution in [2.75, 3.05) is 26.3 Å². The predicted octanol–water partition coefficient (Wildman–Crippen LogP) is 4.39. The maximum absolute atomic E-state index is 14.5. The molecule has 10 heteroatoms. The van der Waals surface area contributed by atoms with Crippen LogP contribution in [0.2, 0.25) is 0 Å². The van der Waals surface area contributed by atoms with E-state index in [2.05, 4.69) is 25.1 Å². The molecule has 5 heterocycles. The maximum atomic E-state index is 14.5. The number of aryl methyl sites for hydroxylation is 1. The van der Waals surface area contributed by atoms with Crippen molar-refractivity contribution >= 4 is 11.0 Å². The lowest BCUT2D eigenvalue weighted by Gasteiger charge is -2.25. The molecule has 0 atom stereocenters. The third kappa shape index (κ3) is 4.69. The van der Waals surface area contributed by atoms with Crippen LogP contribution in [-0.2, 0) is 11.3 Å². The van der Waals surface area contributed by atoms with Gasteiger partial charge in [-0.25, -0.2) is 18.9 Å². The van der Waals surface area contributed by atoms with Gasteiger partial charge in [-0.3, -0.25) is 9.69 Å². The molecule has 0 radical (unpaired) electrons. The highest BCUT2D eigenvalue weighted by molar-refractivity contribution is 5.84. The molecule has 9 nitrogen and oxygen atoms in total. The number of aromatic amines is 1. The van der Waals surface area contributed by atoms with Gasteiger partial charge in [0.25, 0.3) is 5.56 Å². The Morgan fingerprint density at radius 3 is 2.73 bits per heavy atom. The van der Waals surface area contributed by atoms with Gasteiger partial charge in [0, 0.05) is 48.7 Å². The van der Waals surface area contributed by atoms with Gasteiger partial charge in [0.05, 0.1) is 24.4 Å². The van der Waals surface area contributed by atoms with Gasteiger partial charge in [0.15, 0.2) is 0 Å². The number of H-pyrrole nitrogens is 1. The zero-order valence-electron chi connectivity index (χ0n) is 22.1. The zero-order chi connectivity index (χ0) is 27.2. The summed E-state index contributed by atoms with van der Waals surface area (Å²) in [6, 6.07) is 12.4. The standard InChI is InChI=1S/C30H28FN7O2/c1-18-6-7-33-36-28(18)24-14-21(31)4-5-23(24)20-12-25(19-2-3-19)35-27(13-20)38-17-32-26-15-22(34-29(26)30(38)39)16-37-8-10-40-11-9-37/h4-7,12-15,17,19,34H,2-3,8-11,16H2,1H3. The van der Waals surface area contributed by atoms with Crippen molar-refractivity contribution in [1.82, 2.24) is 34.6 Å². The van der Waals surface area contributed by atoms with Crippen LogP contribution in [0.15, 0.2) is 59.8 Å². The first-order valence-electron chi connectivity index (χ1n) is 13.5. The average molecular weight is 538 g/mol. The molecule has 1 saturated carbocycles. The third-order valence-corrected chi connectivity index (χ3v) is 7.64. The molecular weight excluding hydrogens is 509 g/mol. The molecule has 1 saturated heterocycles. The number of halogens is 1. The van der Waals surface area contributed by atoms with Crippen LogP contribution in [-0.4, -0.2) is 60.9 Å². The molecule has 7 rings (SSSR count). The summed E-state index contributed by atoms with van der Waals surface area (Å²) in [5.41, 5.74) is 6.48. The largest absolute Gasteiger partial charge is 0.379 e. The Bertz CT molecular complexity index is 1790. The summed E-state index contributed by atoms with van der Waals surface area (Å²) in [7, 11) is 0. The van der Waals surface area contributed by atoms with E-state index in [1.165, 1.54) is 23.0 Å².